The van der Waals surface area contributed by atoms with Crippen molar-refractivity contribution in [2.24, 2.45) is 5.73 Å². The molecule has 0 radical (unpaired) electrons. The number of aliphatic hydroxyl groups excluding tert-OH is 2. The first-order valence-electron chi connectivity index (χ1n) is 3.49. The van der Waals surface area contributed by atoms with Gasteiger partial charge in [0.1, 0.15) is 5.78 Å². The van der Waals surface area contributed by atoms with Crippen LogP contribution in [0.2, 0.25) is 0 Å². The SMILES string of the molecule is CC(=O)CC(O)CCN.CO. The van der Waals surface area contributed by atoms with Crippen molar-refractivity contribution < 1.29 is 15.0 Å². The molecule has 0 bridgehead atoms. The lowest BCUT2D eigenvalue weighted by molar-refractivity contribution is -0.118. The van der Waals surface area contributed by atoms with Crippen molar-refractivity contribution in [2.45, 2.75) is 25.9 Å². The summed E-state index contributed by atoms with van der Waals surface area (Å²) in [5.74, 6) is 0.0101. The van der Waals surface area contributed by atoms with Crippen LogP contribution in [-0.2, 0) is 4.79 Å². The van der Waals surface area contributed by atoms with Gasteiger partial charge in [0, 0.05) is 13.5 Å². The van der Waals surface area contributed by atoms with E-state index < -0.39 is 6.10 Å². The molecule has 0 saturated carbocycles. The molecule has 0 aliphatic heterocycles. The maximum Gasteiger partial charge on any atom is 0.132 e. The number of hydrogen-bond acceptors (Lipinski definition) is 4. The zero-order valence-corrected chi connectivity index (χ0v) is 7.08. The quantitative estimate of drug-likeness (QED) is 0.511. The molecule has 4 N–H and O–H groups in total. The number of aliphatic hydroxyl groups is 2. The van der Waals surface area contributed by atoms with Crippen LogP contribution in [-0.4, -0.2) is 35.8 Å². The van der Waals surface area contributed by atoms with Crippen molar-refractivity contribution >= 4 is 5.78 Å². The number of carbonyl (C=O) groups excluding carboxylic acids is 1. The van der Waals surface area contributed by atoms with Gasteiger partial charge in [-0.2, -0.15) is 0 Å². The van der Waals surface area contributed by atoms with Crippen molar-refractivity contribution in [2.75, 3.05) is 13.7 Å². The largest absolute Gasteiger partial charge is 0.400 e. The standard InChI is InChI=1S/C6H13NO2.CH4O/c1-5(8)4-6(9)2-3-7;1-2/h6,9H,2-4,7H2,1H3;2H,1H3. The highest BCUT2D eigenvalue weighted by atomic mass is 16.3. The monoisotopic (exact) mass is 163 g/mol. The molecule has 11 heavy (non-hydrogen) atoms. The Morgan fingerprint density at radius 1 is 1.55 bits per heavy atom. The molecule has 0 aliphatic carbocycles. The van der Waals surface area contributed by atoms with E-state index >= 15 is 0 Å². The summed E-state index contributed by atoms with van der Waals surface area (Å²) in [5.41, 5.74) is 5.13. The van der Waals surface area contributed by atoms with Gasteiger partial charge in [-0.1, -0.05) is 0 Å². The van der Waals surface area contributed by atoms with Crippen LogP contribution in [0.15, 0.2) is 0 Å². The summed E-state index contributed by atoms with van der Waals surface area (Å²) in [6.45, 7) is 1.90. The molecular formula is C7H17NO3. The number of nitrogens with two attached hydrogens (primary N) is 1. The Bertz CT molecular complexity index is 95.7. The summed E-state index contributed by atoms with van der Waals surface area (Å²) in [7, 11) is 1.00. The van der Waals surface area contributed by atoms with Gasteiger partial charge in [0.05, 0.1) is 6.10 Å². The van der Waals surface area contributed by atoms with E-state index in [9.17, 15) is 4.79 Å². The third kappa shape index (κ3) is 12.7. The van der Waals surface area contributed by atoms with Crippen LogP contribution >= 0.6 is 0 Å². The highest BCUT2D eigenvalue weighted by Gasteiger charge is 2.04. The Hall–Kier alpha value is -0.450. The summed E-state index contributed by atoms with van der Waals surface area (Å²) in [5, 5.41) is 15.9. The highest BCUT2D eigenvalue weighted by Crippen LogP contribution is 1.95. The number of hydrogen-bond donors (Lipinski definition) is 3. The molecule has 0 heterocycles. The Balaban J connectivity index is 0. The van der Waals surface area contributed by atoms with Crippen LogP contribution in [0.3, 0.4) is 0 Å². The lowest BCUT2D eigenvalue weighted by atomic mass is 10.1. The van der Waals surface area contributed by atoms with Gasteiger partial charge in [-0.25, -0.2) is 0 Å². The second-order valence-corrected chi connectivity index (χ2v) is 2.14. The van der Waals surface area contributed by atoms with E-state index in [1.807, 2.05) is 0 Å². The Morgan fingerprint density at radius 2 is 2.00 bits per heavy atom. The van der Waals surface area contributed by atoms with E-state index in [-0.39, 0.29) is 12.2 Å². The molecular weight excluding hydrogens is 146 g/mol. The van der Waals surface area contributed by atoms with Crippen molar-refractivity contribution in [1.82, 2.24) is 0 Å². The first-order valence-corrected chi connectivity index (χ1v) is 3.49. The van der Waals surface area contributed by atoms with Gasteiger partial charge < -0.3 is 15.9 Å². The van der Waals surface area contributed by atoms with Gasteiger partial charge in [0.2, 0.25) is 0 Å². The van der Waals surface area contributed by atoms with E-state index in [0.717, 1.165) is 7.11 Å². The van der Waals surface area contributed by atoms with Crippen LogP contribution in [0.4, 0.5) is 0 Å². The molecule has 0 spiro atoms. The van der Waals surface area contributed by atoms with Gasteiger partial charge in [0.25, 0.3) is 0 Å². The molecule has 68 valence electrons. The van der Waals surface area contributed by atoms with Gasteiger partial charge >= 0.3 is 0 Å². The van der Waals surface area contributed by atoms with Gasteiger partial charge in [-0.3, -0.25) is 4.79 Å². The second-order valence-electron chi connectivity index (χ2n) is 2.14. The lowest BCUT2D eigenvalue weighted by Gasteiger charge is -2.04. The molecule has 0 aromatic carbocycles. The zero-order chi connectivity index (χ0) is 9.28. The minimum Gasteiger partial charge on any atom is -0.400 e. The summed E-state index contributed by atoms with van der Waals surface area (Å²) in [4.78, 5) is 10.3. The van der Waals surface area contributed by atoms with Crippen LogP contribution in [0.25, 0.3) is 0 Å². The Morgan fingerprint density at radius 3 is 2.27 bits per heavy atom. The van der Waals surface area contributed by atoms with E-state index in [4.69, 9.17) is 15.9 Å². The minimum absolute atomic E-state index is 0.0101. The molecule has 4 nitrogen and oxygen atoms in total. The van der Waals surface area contributed by atoms with E-state index in [2.05, 4.69) is 0 Å². The van der Waals surface area contributed by atoms with Crippen LogP contribution in [0.1, 0.15) is 19.8 Å². The summed E-state index contributed by atoms with van der Waals surface area (Å²) >= 11 is 0. The summed E-state index contributed by atoms with van der Waals surface area (Å²) in [6.07, 6.45) is 0.212. The third-order valence-electron chi connectivity index (χ3n) is 1.02. The zero-order valence-electron chi connectivity index (χ0n) is 7.08. The van der Waals surface area contributed by atoms with Crippen LogP contribution in [0.5, 0.6) is 0 Å². The number of ketones is 1. The minimum atomic E-state index is -0.535. The number of Topliss-reactive ketones (excluding diaryl/α,β-unsaturated/α-hetero) is 1. The molecule has 4 heteroatoms. The number of rotatable bonds is 4. The maximum atomic E-state index is 10.3. The predicted molar refractivity (Wildman–Crippen MR) is 43.1 cm³/mol. The number of carbonyl (C=O) groups is 1. The van der Waals surface area contributed by atoms with E-state index in [0.29, 0.717) is 13.0 Å². The second kappa shape index (κ2) is 9.55. The Labute approximate surface area is 67.0 Å². The maximum absolute atomic E-state index is 10.3. The lowest BCUT2D eigenvalue weighted by Crippen LogP contribution is -2.15. The summed E-state index contributed by atoms with van der Waals surface area (Å²) < 4.78 is 0. The molecule has 0 rings (SSSR count). The van der Waals surface area contributed by atoms with Crippen molar-refractivity contribution in [1.29, 1.82) is 0 Å². The topological polar surface area (TPSA) is 83.5 Å². The fourth-order valence-corrected chi connectivity index (χ4v) is 0.626. The van der Waals surface area contributed by atoms with Crippen molar-refractivity contribution in [3.05, 3.63) is 0 Å². The molecule has 0 fully saturated rings. The third-order valence-corrected chi connectivity index (χ3v) is 1.02. The smallest absolute Gasteiger partial charge is 0.132 e. The summed E-state index contributed by atoms with van der Waals surface area (Å²) in [6, 6.07) is 0. The average molecular weight is 163 g/mol. The molecule has 1 atom stereocenters. The first-order chi connectivity index (χ1) is 5.16. The first kappa shape index (κ1) is 13.2. The normalized spacial score (nSPS) is 11.4. The fourth-order valence-electron chi connectivity index (χ4n) is 0.626. The van der Waals surface area contributed by atoms with Crippen LogP contribution < -0.4 is 5.73 Å². The molecule has 0 aromatic heterocycles. The van der Waals surface area contributed by atoms with E-state index in [1.54, 1.807) is 0 Å². The van der Waals surface area contributed by atoms with Gasteiger partial charge in [0.15, 0.2) is 0 Å². The highest BCUT2D eigenvalue weighted by molar-refractivity contribution is 5.75. The van der Waals surface area contributed by atoms with Gasteiger partial charge in [-0.05, 0) is 19.9 Å². The molecule has 1 unspecified atom stereocenters. The molecule has 0 aromatic rings. The van der Waals surface area contributed by atoms with E-state index in [1.165, 1.54) is 6.92 Å². The van der Waals surface area contributed by atoms with Crippen molar-refractivity contribution in [3.63, 3.8) is 0 Å². The van der Waals surface area contributed by atoms with Crippen LogP contribution in [0, 0.1) is 0 Å². The molecule has 0 amide bonds. The molecule has 0 aliphatic rings. The van der Waals surface area contributed by atoms with Gasteiger partial charge in [-0.15, -0.1) is 0 Å². The fraction of sp³-hybridized carbons (Fsp3) is 0.857. The molecule has 0 saturated heterocycles. The van der Waals surface area contributed by atoms with Crippen molar-refractivity contribution in [3.8, 4) is 0 Å². The Kier molecular flexibility index (Phi) is 11.4. The predicted octanol–water partition coefficient (Wildman–Crippen LogP) is -0.716. The average Bonchev–Trinajstić information content (AvgIpc) is 1.91.